The molecule has 0 saturated heterocycles. The second kappa shape index (κ2) is 6.67. The van der Waals surface area contributed by atoms with Gasteiger partial charge in [0, 0.05) is 17.2 Å². The lowest BCUT2D eigenvalue weighted by Crippen LogP contribution is -2.07. The number of hydrogen-bond acceptors (Lipinski definition) is 2. The van der Waals surface area contributed by atoms with Gasteiger partial charge in [-0.25, -0.2) is 0 Å². The third kappa shape index (κ3) is 3.64. The van der Waals surface area contributed by atoms with E-state index in [9.17, 15) is 0 Å². The average Bonchev–Trinajstić information content (AvgIpc) is 2.82. The van der Waals surface area contributed by atoms with Crippen molar-refractivity contribution in [3.8, 4) is 0 Å². The van der Waals surface area contributed by atoms with Gasteiger partial charge in [0.05, 0.1) is 5.02 Å². The summed E-state index contributed by atoms with van der Waals surface area (Å²) in [6.45, 7) is 0.896. The second-order valence-electron chi connectivity index (χ2n) is 4.72. The Labute approximate surface area is 113 Å². The van der Waals surface area contributed by atoms with Crippen LogP contribution >= 0.6 is 23.4 Å². The molecule has 0 radical (unpaired) electrons. The molecule has 1 aliphatic carbocycles. The molecule has 0 spiro atoms. The highest BCUT2D eigenvalue weighted by Crippen LogP contribution is 2.35. The van der Waals surface area contributed by atoms with Gasteiger partial charge < -0.3 is 5.32 Å². The highest BCUT2D eigenvalue weighted by molar-refractivity contribution is 7.99. The Morgan fingerprint density at radius 2 is 2.12 bits per heavy atom. The monoisotopic (exact) mass is 269 g/mol. The lowest BCUT2D eigenvalue weighted by molar-refractivity contribution is 0.623. The minimum atomic E-state index is 0.896. The van der Waals surface area contributed by atoms with E-state index in [0.717, 1.165) is 17.5 Å². The summed E-state index contributed by atoms with van der Waals surface area (Å²) in [4.78, 5) is 1.27. The molecule has 1 aromatic rings. The van der Waals surface area contributed by atoms with Crippen LogP contribution in [0.5, 0.6) is 0 Å². The highest BCUT2D eigenvalue weighted by Gasteiger charge is 2.16. The Balaban J connectivity index is 2.02. The number of hydrogen-bond donors (Lipinski definition) is 1. The van der Waals surface area contributed by atoms with Crippen molar-refractivity contribution in [3.63, 3.8) is 0 Å². The fraction of sp³-hybridized carbons (Fsp3) is 0.571. The molecule has 1 nitrogen and oxygen atoms in total. The molecule has 94 valence electrons. The van der Waals surface area contributed by atoms with E-state index in [1.54, 1.807) is 0 Å². The fourth-order valence-corrected chi connectivity index (χ4v) is 4.05. The molecule has 1 aromatic carbocycles. The molecule has 3 heteroatoms. The summed E-state index contributed by atoms with van der Waals surface area (Å²) in [5, 5.41) is 4.11. The topological polar surface area (TPSA) is 12.0 Å². The van der Waals surface area contributed by atoms with Crippen LogP contribution in [0.15, 0.2) is 23.1 Å². The number of halogens is 1. The van der Waals surface area contributed by atoms with E-state index in [1.165, 1.54) is 41.9 Å². The molecule has 1 fully saturated rings. The van der Waals surface area contributed by atoms with Gasteiger partial charge in [-0.3, -0.25) is 0 Å². The summed E-state index contributed by atoms with van der Waals surface area (Å²) >= 11 is 8.24. The Bertz CT molecular complexity index is 361. The highest BCUT2D eigenvalue weighted by atomic mass is 35.5. The smallest absolute Gasteiger partial charge is 0.0545 e. The van der Waals surface area contributed by atoms with Gasteiger partial charge in [-0.05, 0) is 37.4 Å². The van der Waals surface area contributed by atoms with E-state index in [1.807, 2.05) is 30.9 Å². The maximum absolute atomic E-state index is 6.30. The largest absolute Gasteiger partial charge is 0.316 e. The molecule has 0 heterocycles. The van der Waals surface area contributed by atoms with Crippen LogP contribution in [0.25, 0.3) is 0 Å². The van der Waals surface area contributed by atoms with Crippen molar-refractivity contribution in [2.75, 3.05) is 12.8 Å². The number of benzene rings is 1. The van der Waals surface area contributed by atoms with E-state index in [0.29, 0.717) is 0 Å². The van der Waals surface area contributed by atoms with Gasteiger partial charge in [-0.2, -0.15) is 0 Å². The van der Waals surface area contributed by atoms with Gasteiger partial charge in [0.25, 0.3) is 0 Å². The lowest BCUT2D eigenvalue weighted by Gasteiger charge is -2.13. The molecular weight excluding hydrogens is 250 g/mol. The molecule has 0 aliphatic heterocycles. The summed E-state index contributed by atoms with van der Waals surface area (Å²) in [6.07, 6.45) is 5.63. The van der Waals surface area contributed by atoms with E-state index in [2.05, 4.69) is 11.4 Å². The molecule has 1 N–H and O–H groups in total. The summed E-state index contributed by atoms with van der Waals surface area (Å²) < 4.78 is 0. The predicted molar refractivity (Wildman–Crippen MR) is 76.9 cm³/mol. The van der Waals surface area contributed by atoms with Crippen molar-refractivity contribution in [2.45, 2.75) is 37.1 Å². The zero-order valence-corrected chi connectivity index (χ0v) is 11.9. The van der Waals surface area contributed by atoms with Gasteiger partial charge in [-0.1, -0.05) is 36.6 Å². The minimum Gasteiger partial charge on any atom is -0.316 e. The number of nitrogens with one attached hydrogen (secondary N) is 1. The number of thioether (sulfide) groups is 1. The van der Waals surface area contributed by atoms with Crippen molar-refractivity contribution in [1.29, 1.82) is 0 Å². The Hall–Kier alpha value is -0.180. The van der Waals surface area contributed by atoms with Crippen LogP contribution in [0.2, 0.25) is 5.02 Å². The van der Waals surface area contributed by atoms with Crippen molar-refractivity contribution >= 4 is 23.4 Å². The van der Waals surface area contributed by atoms with E-state index >= 15 is 0 Å². The standard InChI is InChI=1S/C14H20ClNS/c1-16-9-12-7-4-8-13(15)14(12)17-10-11-5-2-3-6-11/h4,7-8,11,16H,2-3,5-6,9-10H2,1H3. The zero-order chi connectivity index (χ0) is 12.1. The first kappa shape index (κ1) is 13.3. The Morgan fingerprint density at radius 3 is 2.82 bits per heavy atom. The first-order valence-corrected chi connectivity index (χ1v) is 7.72. The van der Waals surface area contributed by atoms with Crippen LogP contribution in [-0.2, 0) is 6.54 Å². The van der Waals surface area contributed by atoms with Gasteiger partial charge in [0.2, 0.25) is 0 Å². The van der Waals surface area contributed by atoms with Crippen LogP contribution in [0, 0.1) is 5.92 Å². The van der Waals surface area contributed by atoms with Crippen LogP contribution in [0.1, 0.15) is 31.2 Å². The van der Waals surface area contributed by atoms with Crippen molar-refractivity contribution in [2.24, 2.45) is 5.92 Å². The van der Waals surface area contributed by atoms with Crippen molar-refractivity contribution in [3.05, 3.63) is 28.8 Å². The van der Waals surface area contributed by atoms with Gasteiger partial charge in [0.15, 0.2) is 0 Å². The predicted octanol–water partition coefficient (Wildman–Crippen LogP) is 4.34. The van der Waals surface area contributed by atoms with Gasteiger partial charge >= 0.3 is 0 Å². The normalized spacial score (nSPS) is 16.6. The average molecular weight is 270 g/mol. The number of rotatable bonds is 5. The molecule has 1 saturated carbocycles. The Morgan fingerprint density at radius 1 is 1.35 bits per heavy atom. The molecule has 0 amide bonds. The molecule has 0 bridgehead atoms. The molecular formula is C14H20ClNS. The fourth-order valence-electron chi connectivity index (χ4n) is 2.42. The summed E-state index contributed by atoms with van der Waals surface area (Å²) in [5.74, 6) is 2.12. The Kier molecular flexibility index (Phi) is 5.20. The van der Waals surface area contributed by atoms with E-state index < -0.39 is 0 Å². The SMILES string of the molecule is CNCc1cccc(Cl)c1SCC1CCCC1. The lowest BCUT2D eigenvalue weighted by atomic mass is 10.1. The second-order valence-corrected chi connectivity index (χ2v) is 6.16. The van der Waals surface area contributed by atoms with Gasteiger partial charge in [0.1, 0.15) is 0 Å². The summed E-state index contributed by atoms with van der Waals surface area (Å²) in [6, 6.07) is 6.20. The molecule has 2 rings (SSSR count). The van der Waals surface area contributed by atoms with E-state index in [-0.39, 0.29) is 0 Å². The van der Waals surface area contributed by atoms with Crippen LogP contribution in [-0.4, -0.2) is 12.8 Å². The van der Waals surface area contributed by atoms with Crippen molar-refractivity contribution < 1.29 is 0 Å². The zero-order valence-electron chi connectivity index (χ0n) is 10.3. The quantitative estimate of drug-likeness (QED) is 0.798. The third-order valence-corrected chi connectivity index (χ3v) is 5.19. The maximum atomic E-state index is 6.30. The van der Waals surface area contributed by atoms with Gasteiger partial charge in [-0.15, -0.1) is 11.8 Å². The first-order chi connectivity index (χ1) is 8.31. The summed E-state index contributed by atoms with van der Waals surface area (Å²) in [5.41, 5.74) is 1.32. The molecule has 0 aromatic heterocycles. The van der Waals surface area contributed by atoms with Crippen LogP contribution < -0.4 is 5.32 Å². The van der Waals surface area contributed by atoms with E-state index in [4.69, 9.17) is 11.6 Å². The van der Waals surface area contributed by atoms with Crippen molar-refractivity contribution in [1.82, 2.24) is 5.32 Å². The maximum Gasteiger partial charge on any atom is 0.0545 e. The van der Waals surface area contributed by atoms with Crippen LogP contribution in [0.3, 0.4) is 0 Å². The third-order valence-electron chi connectivity index (χ3n) is 3.35. The molecule has 0 unspecified atom stereocenters. The molecule has 17 heavy (non-hydrogen) atoms. The summed E-state index contributed by atoms with van der Waals surface area (Å²) in [7, 11) is 1.98. The molecule has 1 aliphatic rings. The minimum absolute atomic E-state index is 0.896. The molecule has 0 atom stereocenters. The van der Waals surface area contributed by atoms with Crippen LogP contribution in [0.4, 0.5) is 0 Å². The first-order valence-electron chi connectivity index (χ1n) is 6.36.